The average Bonchev–Trinajstić information content (AvgIpc) is 3.34. The van der Waals surface area contributed by atoms with E-state index in [4.69, 9.17) is 4.74 Å². The van der Waals surface area contributed by atoms with E-state index in [1.54, 1.807) is 30.5 Å². The van der Waals surface area contributed by atoms with Gasteiger partial charge in [0, 0.05) is 23.8 Å². The van der Waals surface area contributed by atoms with E-state index >= 15 is 0 Å². The number of hydrogen-bond donors (Lipinski definition) is 5. The van der Waals surface area contributed by atoms with Crippen molar-refractivity contribution in [3.63, 3.8) is 0 Å². The highest BCUT2D eigenvalue weighted by molar-refractivity contribution is 7.09. The number of aliphatic hydroxyl groups excluding tert-OH is 5. The number of nitrogens with zero attached hydrogens (tertiary/aromatic N) is 1. The zero-order chi connectivity index (χ0) is 29.1. The Labute approximate surface area is 235 Å². The summed E-state index contributed by atoms with van der Waals surface area (Å²) in [5, 5.41) is 54.9. The van der Waals surface area contributed by atoms with Gasteiger partial charge in [0.05, 0.1) is 36.5 Å². The molecule has 7 atom stereocenters. The molecule has 8 nitrogen and oxygen atoms in total. The average molecular weight is 562 g/mol. The highest BCUT2D eigenvalue weighted by Gasteiger charge is 2.32. The first kappa shape index (κ1) is 32.8. The van der Waals surface area contributed by atoms with Crippen molar-refractivity contribution >= 4 is 23.4 Å². The Bertz CT molecular complexity index is 1090. The molecule has 2 bridgehead atoms. The molecule has 0 aliphatic carbocycles. The first-order valence-electron chi connectivity index (χ1n) is 13.3. The molecule has 5 N–H and O–H groups in total. The van der Waals surface area contributed by atoms with Crippen molar-refractivity contribution in [3.8, 4) is 0 Å². The second-order valence-electron chi connectivity index (χ2n) is 10.3. The second kappa shape index (κ2) is 16.0. The Morgan fingerprint density at radius 2 is 1.97 bits per heavy atom. The summed E-state index contributed by atoms with van der Waals surface area (Å²) in [7, 11) is 0. The number of carbonyl (C=O) groups is 1. The largest absolute Gasteiger partial charge is 0.456 e. The molecule has 0 amide bonds. The Hall–Kier alpha value is -2.40. The summed E-state index contributed by atoms with van der Waals surface area (Å²) >= 11 is 1.24. The summed E-state index contributed by atoms with van der Waals surface area (Å²) in [5.74, 6) is -1.63. The number of carbonyl (C=O) groups excluding carboxylic acids is 1. The van der Waals surface area contributed by atoms with Gasteiger partial charge in [-0.25, -0.2) is 9.78 Å². The van der Waals surface area contributed by atoms with Crippen molar-refractivity contribution in [2.75, 3.05) is 6.61 Å². The van der Waals surface area contributed by atoms with Crippen molar-refractivity contribution in [2.24, 2.45) is 5.92 Å². The molecule has 0 aromatic carbocycles. The van der Waals surface area contributed by atoms with Gasteiger partial charge in [0.2, 0.25) is 0 Å². The monoisotopic (exact) mass is 561 g/mol. The summed E-state index contributed by atoms with van der Waals surface area (Å²) in [6.07, 6.45) is 7.21. The van der Waals surface area contributed by atoms with E-state index < -0.39 is 42.4 Å². The van der Waals surface area contributed by atoms with Crippen LogP contribution in [0.25, 0.3) is 6.08 Å². The fourth-order valence-electron chi connectivity index (χ4n) is 4.36. The molecular formula is C30H43NO7S. The van der Waals surface area contributed by atoms with Gasteiger partial charge in [-0.2, -0.15) is 0 Å². The van der Waals surface area contributed by atoms with Crippen LogP contribution in [0, 0.1) is 5.92 Å². The van der Waals surface area contributed by atoms with Gasteiger partial charge >= 0.3 is 5.97 Å². The molecule has 0 spiro atoms. The van der Waals surface area contributed by atoms with E-state index in [2.05, 4.69) is 4.98 Å². The van der Waals surface area contributed by atoms with Crippen LogP contribution < -0.4 is 0 Å². The van der Waals surface area contributed by atoms with Gasteiger partial charge in [-0.1, -0.05) is 54.5 Å². The lowest BCUT2D eigenvalue weighted by Gasteiger charge is -2.30. The van der Waals surface area contributed by atoms with Crippen LogP contribution in [0.1, 0.15) is 70.5 Å². The van der Waals surface area contributed by atoms with Crippen molar-refractivity contribution < 1.29 is 35.1 Å². The van der Waals surface area contributed by atoms with Crippen LogP contribution in [-0.4, -0.2) is 73.6 Å². The van der Waals surface area contributed by atoms with Crippen LogP contribution in [-0.2, 0) is 9.53 Å². The SMILES string of the molecule is C/C=C(C)/C=C(\C)C[C@H](C)[C@@H](O)[C@H](O)[C@@H]1C/C=C\C=C/[C@@H](O)C[C@H](O)[C@@H](CO)c2nc(cs2)/C=C(/C)C(=O)O1. The molecule has 1 aliphatic rings. The third-order valence-corrected chi connectivity index (χ3v) is 7.78. The van der Waals surface area contributed by atoms with Crippen LogP contribution in [0.15, 0.2) is 58.6 Å². The van der Waals surface area contributed by atoms with Crippen LogP contribution in [0.5, 0.6) is 0 Å². The van der Waals surface area contributed by atoms with Crippen LogP contribution in [0.2, 0.25) is 0 Å². The Kier molecular flexibility index (Phi) is 13.5. The Balaban J connectivity index is 2.32. The number of hydrogen-bond acceptors (Lipinski definition) is 9. The zero-order valence-electron chi connectivity index (χ0n) is 23.4. The minimum atomic E-state index is -1.33. The van der Waals surface area contributed by atoms with Gasteiger partial charge in [-0.05, 0) is 46.1 Å². The lowest BCUT2D eigenvalue weighted by molar-refractivity contribution is -0.156. The number of fused-ring (bicyclic) bond motifs is 2. The molecule has 0 unspecified atom stereocenters. The van der Waals surface area contributed by atoms with Gasteiger partial charge in [0.1, 0.15) is 17.2 Å². The topological polar surface area (TPSA) is 140 Å². The maximum atomic E-state index is 13.0. The van der Waals surface area contributed by atoms with E-state index in [9.17, 15) is 30.3 Å². The minimum Gasteiger partial charge on any atom is -0.456 e. The summed E-state index contributed by atoms with van der Waals surface area (Å²) in [4.78, 5) is 17.4. The van der Waals surface area contributed by atoms with Gasteiger partial charge in [0.15, 0.2) is 0 Å². The molecule has 9 heteroatoms. The number of thiazole rings is 1. The summed E-state index contributed by atoms with van der Waals surface area (Å²) in [6, 6.07) is 0. The minimum absolute atomic E-state index is 0.00774. The lowest BCUT2D eigenvalue weighted by Crippen LogP contribution is -2.43. The van der Waals surface area contributed by atoms with E-state index in [0.717, 1.165) is 11.1 Å². The van der Waals surface area contributed by atoms with Gasteiger partial charge in [-0.3, -0.25) is 0 Å². The Morgan fingerprint density at radius 1 is 1.26 bits per heavy atom. The first-order valence-corrected chi connectivity index (χ1v) is 14.2. The molecule has 0 radical (unpaired) electrons. The lowest BCUT2D eigenvalue weighted by atomic mass is 9.89. The van der Waals surface area contributed by atoms with Crippen molar-refractivity contribution in [2.45, 2.75) is 90.3 Å². The number of cyclic esters (lactones) is 1. The number of rotatable bonds is 7. The molecule has 1 aliphatic heterocycles. The Morgan fingerprint density at radius 3 is 2.64 bits per heavy atom. The number of aliphatic hydroxyl groups is 5. The normalized spacial score (nSPS) is 29.4. The maximum absolute atomic E-state index is 13.0. The highest BCUT2D eigenvalue weighted by Crippen LogP contribution is 2.27. The summed E-state index contributed by atoms with van der Waals surface area (Å²) in [5.41, 5.74) is 2.88. The third kappa shape index (κ3) is 10.3. The molecular weight excluding hydrogens is 518 g/mol. The number of allylic oxidation sites excluding steroid dienone is 6. The number of aromatic nitrogens is 1. The maximum Gasteiger partial charge on any atom is 0.334 e. The first-order chi connectivity index (χ1) is 18.5. The molecule has 2 rings (SSSR count). The van der Waals surface area contributed by atoms with Crippen molar-refractivity contribution in [1.29, 1.82) is 0 Å². The highest BCUT2D eigenvalue weighted by atomic mass is 32.1. The summed E-state index contributed by atoms with van der Waals surface area (Å²) < 4.78 is 5.67. The predicted molar refractivity (Wildman–Crippen MR) is 154 cm³/mol. The summed E-state index contributed by atoms with van der Waals surface area (Å²) in [6.45, 7) is 8.99. The van der Waals surface area contributed by atoms with E-state index in [1.807, 2.05) is 39.8 Å². The molecule has 1 aromatic rings. The van der Waals surface area contributed by atoms with E-state index in [-0.39, 0.29) is 30.9 Å². The van der Waals surface area contributed by atoms with Crippen LogP contribution in [0.4, 0.5) is 0 Å². The van der Waals surface area contributed by atoms with Crippen molar-refractivity contribution in [3.05, 3.63) is 69.3 Å². The molecule has 0 saturated heterocycles. The van der Waals surface area contributed by atoms with Crippen LogP contribution in [0.3, 0.4) is 0 Å². The zero-order valence-corrected chi connectivity index (χ0v) is 24.2. The number of ether oxygens (including phenoxy) is 1. The number of esters is 1. The molecule has 0 saturated carbocycles. The molecule has 1 aromatic heterocycles. The predicted octanol–water partition coefficient (Wildman–Crippen LogP) is 3.82. The fraction of sp³-hybridized carbons (Fsp3) is 0.533. The van der Waals surface area contributed by atoms with Crippen LogP contribution >= 0.6 is 11.3 Å². The van der Waals surface area contributed by atoms with Crippen molar-refractivity contribution in [1.82, 2.24) is 4.98 Å². The van der Waals surface area contributed by atoms with E-state index in [1.165, 1.54) is 23.5 Å². The van der Waals surface area contributed by atoms with Gasteiger partial charge in [-0.15, -0.1) is 11.3 Å². The third-order valence-electron chi connectivity index (χ3n) is 6.78. The van der Waals surface area contributed by atoms with Gasteiger partial charge < -0.3 is 30.3 Å². The molecule has 39 heavy (non-hydrogen) atoms. The quantitative estimate of drug-likeness (QED) is 0.250. The van der Waals surface area contributed by atoms with E-state index in [0.29, 0.717) is 17.1 Å². The fourth-order valence-corrected chi connectivity index (χ4v) is 5.29. The molecule has 216 valence electrons. The molecule has 2 heterocycles. The smallest absolute Gasteiger partial charge is 0.334 e. The second-order valence-corrected chi connectivity index (χ2v) is 11.2. The van der Waals surface area contributed by atoms with Gasteiger partial charge in [0.25, 0.3) is 0 Å². The molecule has 0 fully saturated rings. The standard InChI is InChI=1S/C30H43NO7S/c1-6-18(2)12-19(3)13-20(4)27(35)28(36)26-11-9-7-8-10-23(33)15-25(34)24(16-32)29-31-22(17-39-29)14-21(5)30(37)38-26/h6-10,12,14,17,20,23-28,32-36H,11,13,15-16H2,1-5H3/b9-7-,10-8-,18-6+,19-12+,21-14-/t20-,23+,24+,25-,26-,27+,28+/m0/s1.